The standard InChI is InChI=1S/C20H21F3N4O3S/c1-11-6-14(10-26(2)19(11)28)13-7-15(25-31(3,29)30)17-16(8-13)27(9-12-4-5-12)24-18(17)20(21,22)23/h6-8,10,12,25H,4-5,9H2,1-3H3. The van der Waals surface area contributed by atoms with Crippen LogP contribution < -0.4 is 10.3 Å². The molecule has 166 valence electrons. The molecule has 11 heteroatoms. The number of anilines is 1. The van der Waals surface area contributed by atoms with Crippen molar-refractivity contribution in [3.05, 3.63) is 46.0 Å². The predicted octanol–water partition coefficient (Wildman–Crippen LogP) is 3.51. The second-order valence-corrected chi connectivity index (χ2v) is 9.84. The van der Waals surface area contributed by atoms with Gasteiger partial charge in [-0.2, -0.15) is 18.3 Å². The van der Waals surface area contributed by atoms with Crippen molar-refractivity contribution in [3.8, 4) is 11.1 Å². The fraction of sp³-hybridized carbons (Fsp3) is 0.400. The fourth-order valence-electron chi connectivity index (χ4n) is 3.67. The number of halogens is 3. The third kappa shape index (κ3) is 4.32. The molecule has 0 spiro atoms. The van der Waals surface area contributed by atoms with Gasteiger partial charge in [-0.05, 0) is 55.0 Å². The number of aryl methyl sites for hydroxylation is 2. The van der Waals surface area contributed by atoms with Gasteiger partial charge in [-0.15, -0.1) is 0 Å². The number of fused-ring (bicyclic) bond motifs is 1. The third-order valence-corrected chi connectivity index (χ3v) is 5.83. The Balaban J connectivity index is 2.04. The number of alkyl halides is 3. The SMILES string of the molecule is Cc1cc(-c2cc(NS(C)(=O)=O)c3c(C(F)(F)F)nn(CC4CC4)c3c2)cn(C)c1=O. The fourth-order valence-corrected chi connectivity index (χ4v) is 4.23. The van der Waals surface area contributed by atoms with Crippen LogP contribution in [0.2, 0.25) is 0 Å². The highest BCUT2D eigenvalue weighted by molar-refractivity contribution is 7.92. The Kier molecular flexibility index (Phi) is 4.91. The van der Waals surface area contributed by atoms with E-state index in [0.29, 0.717) is 23.2 Å². The first-order valence-electron chi connectivity index (χ1n) is 9.60. The average Bonchev–Trinajstić information content (AvgIpc) is 3.36. The van der Waals surface area contributed by atoms with E-state index in [1.807, 2.05) is 0 Å². The zero-order valence-corrected chi connectivity index (χ0v) is 17.9. The van der Waals surface area contributed by atoms with Crippen LogP contribution in [0.5, 0.6) is 0 Å². The molecule has 1 fully saturated rings. The minimum absolute atomic E-state index is 0.189. The summed E-state index contributed by atoms with van der Waals surface area (Å²) in [4.78, 5) is 12.0. The van der Waals surface area contributed by atoms with Gasteiger partial charge in [-0.1, -0.05) is 0 Å². The molecule has 2 aromatic heterocycles. The summed E-state index contributed by atoms with van der Waals surface area (Å²) in [7, 11) is -2.29. The number of nitrogens with one attached hydrogen (secondary N) is 1. The third-order valence-electron chi connectivity index (χ3n) is 5.24. The summed E-state index contributed by atoms with van der Waals surface area (Å²) >= 11 is 0. The number of hydrogen-bond acceptors (Lipinski definition) is 4. The molecule has 2 heterocycles. The molecule has 0 atom stereocenters. The maximum Gasteiger partial charge on any atom is 0.435 e. The monoisotopic (exact) mass is 454 g/mol. The minimum atomic E-state index is -4.75. The molecule has 1 N–H and O–H groups in total. The molecule has 1 aliphatic carbocycles. The first kappa shape index (κ1) is 21.4. The highest BCUT2D eigenvalue weighted by Crippen LogP contribution is 2.41. The lowest BCUT2D eigenvalue weighted by atomic mass is 10.0. The molecule has 0 saturated heterocycles. The second kappa shape index (κ2) is 7.11. The van der Waals surface area contributed by atoms with Crippen LogP contribution in [0.25, 0.3) is 22.0 Å². The molecule has 3 aromatic rings. The highest BCUT2D eigenvalue weighted by atomic mass is 32.2. The Morgan fingerprint density at radius 2 is 1.87 bits per heavy atom. The van der Waals surface area contributed by atoms with Crippen molar-refractivity contribution < 1.29 is 21.6 Å². The summed E-state index contributed by atoms with van der Waals surface area (Å²) in [5.41, 5.74) is 0.175. The first-order valence-corrected chi connectivity index (χ1v) is 11.5. The molecule has 31 heavy (non-hydrogen) atoms. The summed E-state index contributed by atoms with van der Waals surface area (Å²) in [6.45, 7) is 1.96. The molecule has 0 unspecified atom stereocenters. The Morgan fingerprint density at radius 1 is 1.19 bits per heavy atom. The summed E-state index contributed by atoms with van der Waals surface area (Å²) < 4.78 is 70.1. The maximum absolute atomic E-state index is 13.8. The molecule has 0 aliphatic heterocycles. The molecular weight excluding hydrogens is 433 g/mol. The van der Waals surface area contributed by atoms with Crippen LogP contribution in [0.4, 0.5) is 18.9 Å². The van der Waals surface area contributed by atoms with Gasteiger partial charge in [0.2, 0.25) is 10.0 Å². The molecule has 7 nitrogen and oxygen atoms in total. The van der Waals surface area contributed by atoms with Crippen LogP contribution in [0.15, 0.2) is 29.2 Å². The van der Waals surface area contributed by atoms with Gasteiger partial charge < -0.3 is 4.57 Å². The van der Waals surface area contributed by atoms with E-state index in [-0.39, 0.29) is 28.1 Å². The van der Waals surface area contributed by atoms with Gasteiger partial charge in [0, 0.05) is 25.4 Å². The highest BCUT2D eigenvalue weighted by Gasteiger charge is 2.39. The molecule has 1 aromatic carbocycles. The number of sulfonamides is 1. The molecular formula is C20H21F3N4O3S. The van der Waals surface area contributed by atoms with Gasteiger partial charge in [0.05, 0.1) is 22.8 Å². The van der Waals surface area contributed by atoms with E-state index in [1.165, 1.54) is 15.3 Å². The largest absolute Gasteiger partial charge is 0.435 e. The van der Waals surface area contributed by atoms with Gasteiger partial charge in [-0.3, -0.25) is 14.2 Å². The van der Waals surface area contributed by atoms with Crippen molar-refractivity contribution in [2.24, 2.45) is 13.0 Å². The first-order chi connectivity index (χ1) is 14.3. The molecule has 4 rings (SSSR count). The van der Waals surface area contributed by atoms with Crippen LogP contribution in [-0.2, 0) is 29.8 Å². The summed E-state index contributed by atoms with van der Waals surface area (Å²) in [6.07, 6.45) is -0.486. The topological polar surface area (TPSA) is 86.0 Å². The van der Waals surface area contributed by atoms with Gasteiger partial charge in [0.25, 0.3) is 5.56 Å². The lowest BCUT2D eigenvalue weighted by molar-refractivity contribution is -0.140. The Labute approximate surface area is 176 Å². The van der Waals surface area contributed by atoms with Crippen molar-refractivity contribution in [1.29, 1.82) is 0 Å². The van der Waals surface area contributed by atoms with Crippen molar-refractivity contribution >= 4 is 26.6 Å². The molecule has 1 aliphatic rings. The Hall–Kier alpha value is -2.82. The second-order valence-electron chi connectivity index (χ2n) is 8.09. The van der Waals surface area contributed by atoms with E-state index >= 15 is 0 Å². The van der Waals surface area contributed by atoms with E-state index in [9.17, 15) is 26.4 Å². The Bertz CT molecular complexity index is 1330. The van der Waals surface area contributed by atoms with Crippen molar-refractivity contribution in [3.63, 3.8) is 0 Å². The van der Waals surface area contributed by atoms with Crippen LogP contribution in [0.3, 0.4) is 0 Å². The molecule has 1 saturated carbocycles. The smallest absolute Gasteiger partial charge is 0.318 e. The predicted molar refractivity (Wildman–Crippen MR) is 111 cm³/mol. The van der Waals surface area contributed by atoms with Gasteiger partial charge in [0.15, 0.2) is 5.69 Å². The van der Waals surface area contributed by atoms with Gasteiger partial charge >= 0.3 is 6.18 Å². The summed E-state index contributed by atoms with van der Waals surface area (Å²) in [5.74, 6) is 0.249. The van der Waals surface area contributed by atoms with Crippen LogP contribution in [0, 0.1) is 12.8 Å². The quantitative estimate of drug-likeness (QED) is 0.639. The number of nitrogens with zero attached hydrogens (tertiary/aromatic N) is 3. The van der Waals surface area contributed by atoms with Gasteiger partial charge in [0.1, 0.15) is 0 Å². The zero-order valence-electron chi connectivity index (χ0n) is 17.1. The van der Waals surface area contributed by atoms with Crippen LogP contribution in [-0.4, -0.2) is 29.0 Å². The van der Waals surface area contributed by atoms with Crippen LogP contribution in [0.1, 0.15) is 24.1 Å². The van der Waals surface area contributed by atoms with E-state index in [0.717, 1.165) is 19.1 Å². The number of hydrogen-bond donors (Lipinski definition) is 1. The number of pyridine rings is 1. The average molecular weight is 454 g/mol. The van der Waals surface area contributed by atoms with Gasteiger partial charge in [-0.25, -0.2) is 8.42 Å². The summed E-state index contributed by atoms with van der Waals surface area (Å²) in [5, 5.41) is 3.53. The van der Waals surface area contributed by atoms with E-state index in [4.69, 9.17) is 0 Å². The molecule has 0 radical (unpaired) electrons. The van der Waals surface area contributed by atoms with E-state index < -0.39 is 21.9 Å². The van der Waals surface area contributed by atoms with E-state index in [2.05, 4.69) is 9.82 Å². The lowest BCUT2D eigenvalue weighted by Gasteiger charge is -2.13. The lowest BCUT2D eigenvalue weighted by Crippen LogP contribution is -2.18. The zero-order chi connectivity index (χ0) is 22.7. The molecule has 0 amide bonds. The maximum atomic E-state index is 13.8. The molecule has 0 bridgehead atoms. The van der Waals surface area contributed by atoms with Crippen LogP contribution >= 0.6 is 0 Å². The van der Waals surface area contributed by atoms with E-state index in [1.54, 1.807) is 32.3 Å². The number of rotatable bonds is 5. The van der Waals surface area contributed by atoms with Crippen molar-refractivity contribution in [1.82, 2.24) is 14.3 Å². The number of benzene rings is 1. The minimum Gasteiger partial charge on any atom is -0.318 e. The Morgan fingerprint density at radius 3 is 2.42 bits per heavy atom. The summed E-state index contributed by atoms with van der Waals surface area (Å²) in [6, 6.07) is 4.54. The normalized spacial score (nSPS) is 14.9. The number of aromatic nitrogens is 3. The van der Waals surface area contributed by atoms with Crippen molar-refractivity contribution in [2.45, 2.75) is 32.5 Å². The van der Waals surface area contributed by atoms with Crippen molar-refractivity contribution in [2.75, 3.05) is 11.0 Å².